The van der Waals surface area contributed by atoms with Gasteiger partial charge in [0.25, 0.3) is 5.91 Å². The molecular formula is C22H19N3O4. The highest BCUT2D eigenvalue weighted by Gasteiger charge is 2.38. The lowest BCUT2D eigenvalue weighted by Crippen LogP contribution is -2.34. The number of nitrogens with two attached hydrogens (primary N) is 1. The molecule has 1 unspecified atom stereocenters. The molecule has 4 rings (SSSR count). The minimum Gasteiger partial charge on any atom is -0.478 e. The molecule has 2 aromatic carbocycles. The van der Waals surface area contributed by atoms with Crippen molar-refractivity contribution in [1.29, 1.82) is 0 Å². The van der Waals surface area contributed by atoms with Gasteiger partial charge < -0.3 is 10.4 Å². The van der Waals surface area contributed by atoms with Crippen LogP contribution in [0.3, 0.4) is 0 Å². The Morgan fingerprint density at radius 2 is 1.79 bits per heavy atom. The molecule has 2 aromatic rings. The summed E-state index contributed by atoms with van der Waals surface area (Å²) in [5, 5.41) is 13.5. The van der Waals surface area contributed by atoms with Gasteiger partial charge in [-0.25, -0.2) is 15.6 Å². The molecule has 0 spiro atoms. The molecule has 0 saturated heterocycles. The smallest absolute Gasteiger partial charge is 0.334 e. The van der Waals surface area contributed by atoms with Gasteiger partial charge in [-0.05, 0) is 25.5 Å². The number of carbonyl (C=O) groups excluding carboxylic acids is 2. The highest BCUT2D eigenvalue weighted by molar-refractivity contribution is 6.33. The van der Waals surface area contributed by atoms with Gasteiger partial charge in [0.05, 0.1) is 28.6 Å². The van der Waals surface area contributed by atoms with Crippen LogP contribution in [0.15, 0.2) is 65.4 Å². The molecule has 0 fully saturated rings. The summed E-state index contributed by atoms with van der Waals surface area (Å²) in [6.45, 7) is 3.39. The summed E-state index contributed by atoms with van der Waals surface area (Å²) in [4.78, 5) is 37.2. The Morgan fingerprint density at radius 1 is 1.10 bits per heavy atom. The molecule has 0 aromatic heterocycles. The van der Waals surface area contributed by atoms with E-state index in [0.29, 0.717) is 39.2 Å². The molecule has 4 N–H and O–H groups in total. The van der Waals surface area contributed by atoms with Crippen LogP contribution in [0.4, 0.5) is 5.69 Å². The second-order valence-corrected chi connectivity index (χ2v) is 7.06. The normalized spacial score (nSPS) is 20.7. The van der Waals surface area contributed by atoms with Gasteiger partial charge in [-0.2, -0.15) is 0 Å². The van der Waals surface area contributed by atoms with Gasteiger partial charge in [0.1, 0.15) is 0 Å². The van der Waals surface area contributed by atoms with E-state index in [0.717, 1.165) is 5.01 Å². The molecule has 0 bridgehead atoms. The first-order chi connectivity index (χ1) is 13.8. The van der Waals surface area contributed by atoms with E-state index in [4.69, 9.17) is 5.84 Å². The maximum Gasteiger partial charge on any atom is 0.334 e. The Kier molecular flexibility index (Phi) is 4.32. The number of aliphatic carboxylic acids is 1. The molecule has 146 valence electrons. The van der Waals surface area contributed by atoms with Crippen LogP contribution in [0.1, 0.15) is 35.3 Å². The maximum atomic E-state index is 12.9. The number of nitrogens with one attached hydrogen (secondary N) is 1. The molecule has 1 amide bonds. The monoisotopic (exact) mass is 389 g/mol. The summed E-state index contributed by atoms with van der Waals surface area (Å²) in [7, 11) is 0. The highest BCUT2D eigenvalue weighted by Crippen LogP contribution is 2.40. The first-order valence-electron chi connectivity index (χ1n) is 9.09. The number of carboxylic acids is 1. The SMILES string of the molecule is CC1=C(C(=O)O)C(C)NC1=C1C(=O)N(N)c2cc(C(=O)c3ccccc3)ccc21. The number of amides is 1. The van der Waals surface area contributed by atoms with E-state index in [9.17, 15) is 19.5 Å². The number of fused-ring (bicyclic) bond motifs is 1. The van der Waals surface area contributed by atoms with Crippen LogP contribution in [0.5, 0.6) is 0 Å². The Hall–Kier alpha value is -3.71. The van der Waals surface area contributed by atoms with Crippen molar-refractivity contribution in [2.75, 3.05) is 5.01 Å². The Bertz CT molecular complexity index is 1130. The maximum absolute atomic E-state index is 12.9. The lowest BCUT2D eigenvalue weighted by atomic mass is 9.97. The highest BCUT2D eigenvalue weighted by atomic mass is 16.4. The van der Waals surface area contributed by atoms with Crippen LogP contribution in [0, 0.1) is 0 Å². The molecule has 0 radical (unpaired) electrons. The predicted molar refractivity (Wildman–Crippen MR) is 108 cm³/mol. The van der Waals surface area contributed by atoms with E-state index in [-0.39, 0.29) is 11.4 Å². The standard InChI is InChI=1S/C22H19N3O4/c1-11-17(22(28)29)12(2)24-19(11)18-15-9-8-14(10-16(15)25(23)21(18)27)20(26)13-6-4-3-5-7-13/h3-10,12,24H,23H2,1-2H3,(H,28,29). The lowest BCUT2D eigenvalue weighted by molar-refractivity contribution is -0.132. The Balaban J connectivity index is 1.83. The quantitative estimate of drug-likeness (QED) is 0.321. The zero-order chi connectivity index (χ0) is 20.9. The van der Waals surface area contributed by atoms with Crippen molar-refractivity contribution >= 4 is 28.9 Å². The number of rotatable bonds is 3. The van der Waals surface area contributed by atoms with E-state index < -0.39 is 17.9 Å². The van der Waals surface area contributed by atoms with Gasteiger partial charge in [-0.15, -0.1) is 0 Å². The fraction of sp³-hybridized carbons (Fsp3) is 0.136. The van der Waals surface area contributed by atoms with Gasteiger partial charge in [0.2, 0.25) is 0 Å². The van der Waals surface area contributed by atoms with Crippen molar-refractivity contribution in [2.24, 2.45) is 5.84 Å². The number of ketones is 1. The number of hydrazine groups is 1. The topological polar surface area (TPSA) is 113 Å². The van der Waals surface area contributed by atoms with E-state index in [2.05, 4.69) is 5.32 Å². The van der Waals surface area contributed by atoms with Crippen LogP contribution >= 0.6 is 0 Å². The van der Waals surface area contributed by atoms with Crippen molar-refractivity contribution in [3.05, 3.63) is 82.1 Å². The van der Waals surface area contributed by atoms with E-state index >= 15 is 0 Å². The average molecular weight is 389 g/mol. The number of hydrogen-bond acceptors (Lipinski definition) is 5. The Morgan fingerprint density at radius 3 is 2.41 bits per heavy atom. The fourth-order valence-electron chi connectivity index (χ4n) is 3.89. The van der Waals surface area contributed by atoms with E-state index in [1.165, 1.54) is 0 Å². The number of carbonyl (C=O) groups is 3. The zero-order valence-electron chi connectivity index (χ0n) is 15.9. The summed E-state index contributed by atoms with van der Waals surface area (Å²) in [5.41, 5.74) is 3.39. The van der Waals surface area contributed by atoms with Crippen molar-refractivity contribution in [3.63, 3.8) is 0 Å². The molecule has 2 aliphatic heterocycles. The molecule has 1 atom stereocenters. The zero-order valence-corrected chi connectivity index (χ0v) is 15.9. The van der Waals surface area contributed by atoms with Gasteiger partial charge in [0.15, 0.2) is 5.78 Å². The number of nitrogens with zero attached hydrogens (tertiary/aromatic N) is 1. The molecule has 2 aliphatic rings. The molecule has 0 aliphatic carbocycles. The molecule has 2 heterocycles. The van der Waals surface area contributed by atoms with Crippen LogP contribution in [0.2, 0.25) is 0 Å². The number of anilines is 1. The third-order valence-electron chi connectivity index (χ3n) is 5.31. The summed E-state index contributed by atoms with van der Waals surface area (Å²) in [5.74, 6) is 4.35. The Labute approximate surface area is 167 Å². The largest absolute Gasteiger partial charge is 0.478 e. The van der Waals surface area contributed by atoms with Gasteiger partial charge in [-0.1, -0.05) is 42.5 Å². The van der Waals surface area contributed by atoms with E-state index in [1.807, 2.05) is 6.07 Å². The van der Waals surface area contributed by atoms with Gasteiger partial charge >= 0.3 is 5.97 Å². The van der Waals surface area contributed by atoms with Crippen molar-refractivity contribution in [2.45, 2.75) is 19.9 Å². The van der Waals surface area contributed by atoms with Crippen molar-refractivity contribution in [3.8, 4) is 0 Å². The molecule has 29 heavy (non-hydrogen) atoms. The average Bonchev–Trinajstić information content (AvgIpc) is 3.14. The van der Waals surface area contributed by atoms with Crippen LogP contribution in [-0.2, 0) is 9.59 Å². The predicted octanol–water partition coefficient (Wildman–Crippen LogP) is 2.24. The first kappa shape index (κ1) is 18.6. The van der Waals surface area contributed by atoms with Gasteiger partial charge in [-0.3, -0.25) is 9.59 Å². The first-order valence-corrected chi connectivity index (χ1v) is 9.09. The van der Waals surface area contributed by atoms with Gasteiger partial charge in [0, 0.05) is 16.7 Å². The number of carboxylic acid groups (broad SMARTS) is 1. The molecule has 7 heteroatoms. The second-order valence-electron chi connectivity index (χ2n) is 7.06. The molecule has 7 nitrogen and oxygen atoms in total. The van der Waals surface area contributed by atoms with Crippen molar-refractivity contribution in [1.82, 2.24) is 5.32 Å². The van der Waals surface area contributed by atoms with Crippen LogP contribution < -0.4 is 16.2 Å². The van der Waals surface area contributed by atoms with E-state index in [1.54, 1.807) is 56.3 Å². The third-order valence-corrected chi connectivity index (χ3v) is 5.31. The van der Waals surface area contributed by atoms with Crippen LogP contribution in [-0.4, -0.2) is 28.8 Å². The number of allylic oxidation sites excluding steroid dienone is 1. The summed E-state index contributed by atoms with van der Waals surface area (Å²) < 4.78 is 0. The number of benzene rings is 2. The summed E-state index contributed by atoms with van der Waals surface area (Å²) >= 11 is 0. The second kappa shape index (κ2) is 6.72. The number of hydrogen-bond donors (Lipinski definition) is 3. The fourth-order valence-corrected chi connectivity index (χ4v) is 3.89. The summed E-state index contributed by atoms with van der Waals surface area (Å²) in [6.07, 6.45) is 0. The summed E-state index contributed by atoms with van der Waals surface area (Å²) in [6, 6.07) is 13.3. The molecular weight excluding hydrogens is 370 g/mol. The van der Waals surface area contributed by atoms with Crippen molar-refractivity contribution < 1.29 is 19.5 Å². The minimum absolute atomic E-state index is 0.174. The third kappa shape index (κ3) is 2.83. The minimum atomic E-state index is -1.03. The molecule has 0 saturated carbocycles. The van der Waals surface area contributed by atoms with Crippen LogP contribution in [0.25, 0.3) is 5.57 Å². The lowest BCUT2D eigenvalue weighted by Gasteiger charge is -2.10.